The van der Waals surface area contributed by atoms with Gasteiger partial charge in [0.1, 0.15) is 5.82 Å². The van der Waals surface area contributed by atoms with Crippen molar-refractivity contribution in [3.8, 4) is 0 Å². The van der Waals surface area contributed by atoms with E-state index in [0.717, 1.165) is 18.6 Å². The SMILES string of the molecule is CC(C)CC[C@H](N)c1ccc(F)cc1C(F)(F)F. The highest BCUT2D eigenvalue weighted by molar-refractivity contribution is 5.32. The maximum Gasteiger partial charge on any atom is 0.416 e. The molecule has 0 aliphatic carbocycles. The molecule has 5 heteroatoms. The van der Waals surface area contributed by atoms with Gasteiger partial charge in [0.15, 0.2) is 0 Å². The monoisotopic (exact) mass is 263 g/mol. The van der Waals surface area contributed by atoms with E-state index in [-0.39, 0.29) is 5.56 Å². The largest absolute Gasteiger partial charge is 0.416 e. The molecule has 0 saturated heterocycles. The Labute approximate surface area is 104 Å². The minimum Gasteiger partial charge on any atom is -0.324 e. The highest BCUT2D eigenvalue weighted by atomic mass is 19.4. The summed E-state index contributed by atoms with van der Waals surface area (Å²) < 4.78 is 51.2. The summed E-state index contributed by atoms with van der Waals surface area (Å²) in [6.07, 6.45) is -3.39. The van der Waals surface area contributed by atoms with Crippen molar-refractivity contribution in [2.45, 2.75) is 38.9 Å². The van der Waals surface area contributed by atoms with Gasteiger partial charge in [0.2, 0.25) is 0 Å². The molecule has 0 heterocycles. The summed E-state index contributed by atoms with van der Waals surface area (Å²) in [5, 5.41) is 0. The van der Waals surface area contributed by atoms with Gasteiger partial charge in [0.05, 0.1) is 5.56 Å². The number of hydrogen-bond acceptors (Lipinski definition) is 1. The molecule has 0 saturated carbocycles. The van der Waals surface area contributed by atoms with E-state index in [1.807, 2.05) is 13.8 Å². The average molecular weight is 263 g/mol. The van der Waals surface area contributed by atoms with Gasteiger partial charge < -0.3 is 5.73 Å². The molecule has 0 bridgehead atoms. The number of benzene rings is 1. The van der Waals surface area contributed by atoms with Crippen molar-refractivity contribution in [1.82, 2.24) is 0 Å². The van der Waals surface area contributed by atoms with E-state index in [2.05, 4.69) is 0 Å². The summed E-state index contributed by atoms with van der Waals surface area (Å²) in [4.78, 5) is 0. The van der Waals surface area contributed by atoms with Gasteiger partial charge >= 0.3 is 6.18 Å². The lowest BCUT2D eigenvalue weighted by Gasteiger charge is -2.19. The van der Waals surface area contributed by atoms with Gasteiger partial charge in [-0.25, -0.2) is 4.39 Å². The van der Waals surface area contributed by atoms with Gasteiger partial charge in [0, 0.05) is 6.04 Å². The van der Waals surface area contributed by atoms with Crippen molar-refractivity contribution in [2.24, 2.45) is 11.7 Å². The summed E-state index contributed by atoms with van der Waals surface area (Å²) in [6.45, 7) is 3.95. The van der Waals surface area contributed by atoms with Gasteiger partial charge in [-0.2, -0.15) is 13.2 Å². The Bertz CT molecular complexity index is 398. The second-order valence-corrected chi connectivity index (χ2v) is 4.81. The molecule has 1 nitrogen and oxygen atoms in total. The summed E-state index contributed by atoms with van der Waals surface area (Å²) >= 11 is 0. The molecule has 0 fully saturated rings. The molecule has 0 unspecified atom stereocenters. The van der Waals surface area contributed by atoms with E-state index in [4.69, 9.17) is 5.73 Å². The molecule has 0 amide bonds. The third-order valence-electron chi connectivity index (χ3n) is 2.78. The lowest BCUT2D eigenvalue weighted by molar-refractivity contribution is -0.138. The topological polar surface area (TPSA) is 26.0 Å². The van der Waals surface area contributed by atoms with Crippen LogP contribution in [-0.2, 0) is 6.18 Å². The molecule has 102 valence electrons. The van der Waals surface area contributed by atoms with E-state index in [1.54, 1.807) is 0 Å². The Morgan fingerprint density at radius 1 is 1.17 bits per heavy atom. The van der Waals surface area contributed by atoms with E-state index in [9.17, 15) is 17.6 Å². The first kappa shape index (κ1) is 15.0. The molecule has 1 atom stereocenters. The molecule has 0 radical (unpaired) electrons. The van der Waals surface area contributed by atoms with Crippen LogP contribution in [0.25, 0.3) is 0 Å². The van der Waals surface area contributed by atoms with Gasteiger partial charge in [0.25, 0.3) is 0 Å². The molecule has 2 N–H and O–H groups in total. The number of halogens is 4. The van der Waals surface area contributed by atoms with Crippen LogP contribution in [-0.4, -0.2) is 0 Å². The minimum absolute atomic E-state index is 0.0375. The Hall–Kier alpha value is -1.10. The first-order valence-electron chi connectivity index (χ1n) is 5.84. The summed E-state index contributed by atoms with van der Waals surface area (Å²) in [6, 6.07) is 1.93. The van der Waals surface area contributed by atoms with Crippen LogP contribution in [0.4, 0.5) is 17.6 Å². The zero-order chi connectivity index (χ0) is 13.9. The number of rotatable bonds is 4. The van der Waals surface area contributed by atoms with E-state index >= 15 is 0 Å². The number of nitrogens with two attached hydrogens (primary N) is 1. The van der Waals surface area contributed by atoms with Crippen LogP contribution in [0.3, 0.4) is 0 Å². The zero-order valence-corrected chi connectivity index (χ0v) is 10.4. The van der Waals surface area contributed by atoms with Crippen LogP contribution in [0, 0.1) is 11.7 Å². The minimum atomic E-state index is -4.58. The molecule has 18 heavy (non-hydrogen) atoms. The lowest BCUT2D eigenvalue weighted by atomic mass is 9.94. The Morgan fingerprint density at radius 2 is 1.78 bits per heavy atom. The van der Waals surface area contributed by atoms with Crippen LogP contribution in [0.15, 0.2) is 18.2 Å². The highest BCUT2D eigenvalue weighted by Crippen LogP contribution is 2.35. The van der Waals surface area contributed by atoms with Crippen LogP contribution in [0.2, 0.25) is 0 Å². The zero-order valence-electron chi connectivity index (χ0n) is 10.4. The van der Waals surface area contributed by atoms with Crippen LogP contribution >= 0.6 is 0 Å². The predicted molar refractivity (Wildman–Crippen MR) is 62.4 cm³/mol. The molecule has 1 aromatic rings. The molecule has 1 rings (SSSR count). The van der Waals surface area contributed by atoms with Crippen molar-refractivity contribution in [3.05, 3.63) is 35.1 Å². The standard InChI is InChI=1S/C13H17F4N/c1-8(2)3-6-12(18)10-5-4-9(14)7-11(10)13(15,16)17/h4-5,7-8,12H,3,6,18H2,1-2H3/t12-/m0/s1. The Balaban J connectivity index is 3.00. The third kappa shape index (κ3) is 3.98. The normalized spacial score (nSPS) is 14.0. The molecular weight excluding hydrogens is 246 g/mol. The summed E-state index contributed by atoms with van der Waals surface area (Å²) in [7, 11) is 0. The summed E-state index contributed by atoms with van der Waals surface area (Å²) in [5.41, 5.74) is 4.76. The third-order valence-corrected chi connectivity index (χ3v) is 2.78. The first-order chi connectivity index (χ1) is 8.21. The van der Waals surface area contributed by atoms with E-state index in [1.165, 1.54) is 0 Å². The smallest absolute Gasteiger partial charge is 0.324 e. The fourth-order valence-corrected chi connectivity index (χ4v) is 1.77. The maximum absolute atomic E-state index is 12.9. The van der Waals surface area contributed by atoms with Crippen LogP contribution in [0.1, 0.15) is 43.9 Å². The maximum atomic E-state index is 12.9. The fraction of sp³-hybridized carbons (Fsp3) is 0.538. The van der Waals surface area contributed by atoms with Gasteiger partial charge in [-0.05, 0) is 36.5 Å². The highest BCUT2D eigenvalue weighted by Gasteiger charge is 2.35. The molecular formula is C13H17F4N. The van der Waals surface area contributed by atoms with Crippen LogP contribution < -0.4 is 5.73 Å². The predicted octanol–water partition coefficient (Wildman–Crippen LogP) is 4.28. The first-order valence-corrected chi connectivity index (χ1v) is 5.84. The molecule has 0 spiro atoms. The van der Waals surface area contributed by atoms with Gasteiger partial charge in [-0.3, -0.25) is 0 Å². The molecule has 1 aromatic carbocycles. The quantitative estimate of drug-likeness (QED) is 0.806. The number of alkyl halides is 3. The van der Waals surface area contributed by atoms with Crippen molar-refractivity contribution in [1.29, 1.82) is 0 Å². The molecule has 0 aliphatic rings. The van der Waals surface area contributed by atoms with Crippen molar-refractivity contribution in [2.75, 3.05) is 0 Å². The van der Waals surface area contributed by atoms with E-state index < -0.39 is 23.6 Å². The summed E-state index contributed by atoms with van der Waals surface area (Å²) in [5.74, 6) is -0.534. The fourth-order valence-electron chi connectivity index (χ4n) is 1.77. The average Bonchev–Trinajstić information content (AvgIpc) is 2.24. The molecule has 0 aliphatic heterocycles. The number of hydrogen-bond donors (Lipinski definition) is 1. The lowest BCUT2D eigenvalue weighted by Crippen LogP contribution is -2.18. The van der Waals surface area contributed by atoms with Gasteiger partial charge in [-0.1, -0.05) is 19.9 Å². The Morgan fingerprint density at radius 3 is 2.28 bits per heavy atom. The second-order valence-electron chi connectivity index (χ2n) is 4.81. The van der Waals surface area contributed by atoms with Crippen molar-refractivity contribution < 1.29 is 17.6 Å². The molecule has 0 aromatic heterocycles. The Kier molecular flexibility index (Phi) is 4.73. The van der Waals surface area contributed by atoms with Gasteiger partial charge in [-0.15, -0.1) is 0 Å². The van der Waals surface area contributed by atoms with Crippen molar-refractivity contribution >= 4 is 0 Å². The van der Waals surface area contributed by atoms with Crippen molar-refractivity contribution in [3.63, 3.8) is 0 Å². The second kappa shape index (κ2) is 5.69. The van der Waals surface area contributed by atoms with E-state index in [0.29, 0.717) is 18.4 Å². The van der Waals surface area contributed by atoms with Crippen LogP contribution in [0.5, 0.6) is 0 Å².